The summed E-state index contributed by atoms with van der Waals surface area (Å²) in [5, 5.41) is 4.58. The van der Waals surface area contributed by atoms with E-state index in [0.717, 1.165) is 20.2 Å². The Hall–Kier alpha value is -1.95. The van der Waals surface area contributed by atoms with Crippen molar-refractivity contribution in [2.75, 3.05) is 0 Å². The summed E-state index contributed by atoms with van der Waals surface area (Å²) in [5.74, 6) is -0.280. The molecule has 136 valence electrons. The molecule has 0 amide bonds. The summed E-state index contributed by atoms with van der Waals surface area (Å²) in [6.45, 7) is 7.93. The molecule has 2 heterocycles. The molecule has 2 nitrogen and oxygen atoms in total. The Morgan fingerprint density at radius 3 is 2.04 bits per heavy atom. The molecule has 0 N–H and O–H groups in total. The normalized spacial score (nSPS) is 18.8. The lowest BCUT2D eigenvalue weighted by molar-refractivity contribution is 0.00578. The third kappa shape index (κ3) is 2.53. The molecule has 1 aliphatic rings. The minimum atomic E-state index is -0.699. The Labute approximate surface area is 162 Å². The van der Waals surface area contributed by atoms with Crippen LogP contribution in [-0.2, 0) is 9.31 Å². The SMILES string of the molecule is CC1(C)OB(c2cc3c(cc2F)sc2cc4ccccc4cc23)OC1(C)C. The number of thiophene rings is 1. The highest BCUT2D eigenvalue weighted by Crippen LogP contribution is 2.39. The lowest BCUT2D eigenvalue weighted by Crippen LogP contribution is -2.41. The molecule has 1 aliphatic heterocycles. The predicted molar refractivity (Wildman–Crippen MR) is 113 cm³/mol. The fraction of sp³-hybridized carbons (Fsp3) is 0.273. The molecule has 0 saturated carbocycles. The Morgan fingerprint density at radius 2 is 1.37 bits per heavy atom. The molecule has 0 radical (unpaired) electrons. The first kappa shape index (κ1) is 17.2. The number of hydrogen-bond donors (Lipinski definition) is 0. The van der Waals surface area contributed by atoms with Crippen LogP contribution in [-0.4, -0.2) is 18.3 Å². The zero-order chi connectivity index (χ0) is 19.0. The molecule has 0 aliphatic carbocycles. The van der Waals surface area contributed by atoms with Gasteiger partial charge in [-0.3, -0.25) is 0 Å². The van der Waals surface area contributed by atoms with E-state index >= 15 is 0 Å². The zero-order valence-electron chi connectivity index (χ0n) is 15.8. The number of halogens is 1. The predicted octanol–water partition coefficient (Wildman–Crippen LogP) is 5.65. The average Bonchev–Trinajstić information content (AvgIpc) is 3.04. The van der Waals surface area contributed by atoms with Gasteiger partial charge < -0.3 is 9.31 Å². The van der Waals surface area contributed by atoms with Crippen molar-refractivity contribution in [2.24, 2.45) is 0 Å². The third-order valence-electron chi connectivity index (χ3n) is 5.96. The molecular formula is C22H20BFO2S. The largest absolute Gasteiger partial charge is 0.497 e. The van der Waals surface area contributed by atoms with Crippen molar-refractivity contribution >= 4 is 54.9 Å². The summed E-state index contributed by atoms with van der Waals surface area (Å²) < 4.78 is 29.2. The highest BCUT2D eigenvalue weighted by atomic mass is 32.1. The minimum absolute atomic E-state index is 0.280. The van der Waals surface area contributed by atoms with Crippen LogP contribution < -0.4 is 5.46 Å². The molecule has 1 aromatic heterocycles. The fourth-order valence-corrected chi connectivity index (χ4v) is 4.79. The Morgan fingerprint density at radius 1 is 0.815 bits per heavy atom. The van der Waals surface area contributed by atoms with Crippen LogP contribution in [0.15, 0.2) is 48.5 Å². The van der Waals surface area contributed by atoms with E-state index in [4.69, 9.17) is 9.31 Å². The van der Waals surface area contributed by atoms with Gasteiger partial charge in [0.25, 0.3) is 0 Å². The van der Waals surface area contributed by atoms with Crippen LogP contribution in [0.3, 0.4) is 0 Å². The smallest absolute Gasteiger partial charge is 0.399 e. The van der Waals surface area contributed by atoms with Crippen molar-refractivity contribution in [3.8, 4) is 0 Å². The lowest BCUT2D eigenvalue weighted by atomic mass is 9.78. The third-order valence-corrected chi connectivity index (χ3v) is 7.08. The van der Waals surface area contributed by atoms with Crippen LogP contribution in [0, 0.1) is 5.82 Å². The number of fused-ring (bicyclic) bond motifs is 4. The van der Waals surface area contributed by atoms with E-state index in [1.54, 1.807) is 17.4 Å². The van der Waals surface area contributed by atoms with Gasteiger partial charge in [0.15, 0.2) is 0 Å². The van der Waals surface area contributed by atoms with Crippen LogP contribution >= 0.6 is 11.3 Å². The standard InChI is InChI=1S/C22H20BFO2S/c1-21(2)22(3,4)26-23(25-21)17-11-16-15-9-13-7-5-6-8-14(13)10-19(15)27-20(16)12-18(17)24/h5-12H,1-4H3. The van der Waals surface area contributed by atoms with Crippen molar-refractivity contribution in [3.63, 3.8) is 0 Å². The van der Waals surface area contributed by atoms with Gasteiger partial charge in [-0.25, -0.2) is 4.39 Å². The fourth-order valence-electron chi connectivity index (χ4n) is 3.65. The van der Waals surface area contributed by atoms with Crippen molar-refractivity contribution in [1.29, 1.82) is 0 Å². The minimum Gasteiger partial charge on any atom is -0.399 e. The highest BCUT2D eigenvalue weighted by molar-refractivity contribution is 7.25. The number of rotatable bonds is 1. The first-order valence-electron chi connectivity index (χ1n) is 9.15. The van der Waals surface area contributed by atoms with Gasteiger partial charge in [0.1, 0.15) is 5.82 Å². The molecule has 5 heteroatoms. The summed E-state index contributed by atoms with van der Waals surface area (Å²) in [6, 6.07) is 16.2. The summed E-state index contributed by atoms with van der Waals surface area (Å²) in [4.78, 5) is 0. The van der Waals surface area contributed by atoms with Gasteiger partial charge >= 0.3 is 7.12 Å². The van der Waals surface area contributed by atoms with Gasteiger partial charge in [-0.05, 0) is 56.7 Å². The van der Waals surface area contributed by atoms with Gasteiger partial charge in [-0.1, -0.05) is 30.3 Å². The molecule has 0 bridgehead atoms. The maximum Gasteiger partial charge on any atom is 0.497 e. The van der Waals surface area contributed by atoms with E-state index < -0.39 is 18.3 Å². The second-order valence-electron chi connectivity index (χ2n) is 8.26. The maximum atomic E-state index is 14.9. The second kappa shape index (κ2) is 5.54. The van der Waals surface area contributed by atoms with Gasteiger partial charge in [-0.2, -0.15) is 0 Å². The van der Waals surface area contributed by atoms with Gasteiger partial charge in [0.2, 0.25) is 0 Å². The Bertz CT molecular complexity index is 1200. The topological polar surface area (TPSA) is 18.5 Å². The number of benzene rings is 3. The quantitative estimate of drug-likeness (QED) is 0.399. The van der Waals surface area contributed by atoms with E-state index in [2.05, 4.69) is 24.3 Å². The van der Waals surface area contributed by atoms with Gasteiger partial charge in [0, 0.05) is 25.6 Å². The molecule has 4 aromatic rings. The van der Waals surface area contributed by atoms with Gasteiger partial charge in [0.05, 0.1) is 11.2 Å². The lowest BCUT2D eigenvalue weighted by Gasteiger charge is -2.32. The zero-order valence-corrected chi connectivity index (χ0v) is 16.6. The molecule has 27 heavy (non-hydrogen) atoms. The molecule has 1 saturated heterocycles. The van der Waals surface area contributed by atoms with Crippen molar-refractivity contribution < 1.29 is 13.7 Å². The van der Waals surface area contributed by atoms with Crippen molar-refractivity contribution in [2.45, 2.75) is 38.9 Å². The molecule has 1 fully saturated rings. The van der Waals surface area contributed by atoms with Crippen LogP contribution in [0.4, 0.5) is 4.39 Å². The van der Waals surface area contributed by atoms with E-state index in [0.29, 0.717) is 5.46 Å². The summed E-state index contributed by atoms with van der Waals surface area (Å²) in [7, 11) is -0.699. The molecule has 3 aromatic carbocycles. The monoisotopic (exact) mass is 378 g/mol. The van der Waals surface area contributed by atoms with Crippen LogP contribution in [0.1, 0.15) is 27.7 Å². The summed E-state index contributed by atoms with van der Waals surface area (Å²) in [5.41, 5.74) is -0.521. The molecule has 0 spiro atoms. The van der Waals surface area contributed by atoms with Crippen LogP contribution in [0.2, 0.25) is 0 Å². The van der Waals surface area contributed by atoms with E-state index in [-0.39, 0.29) is 5.82 Å². The Balaban J connectivity index is 1.72. The molecular weight excluding hydrogens is 358 g/mol. The summed E-state index contributed by atoms with van der Waals surface area (Å²) in [6.07, 6.45) is 0. The van der Waals surface area contributed by atoms with Crippen LogP contribution in [0.25, 0.3) is 30.9 Å². The van der Waals surface area contributed by atoms with E-state index in [1.807, 2.05) is 45.9 Å². The summed E-state index contributed by atoms with van der Waals surface area (Å²) >= 11 is 1.62. The van der Waals surface area contributed by atoms with E-state index in [9.17, 15) is 4.39 Å². The highest BCUT2D eigenvalue weighted by Gasteiger charge is 2.52. The molecule has 0 unspecified atom stereocenters. The molecule has 0 atom stereocenters. The van der Waals surface area contributed by atoms with Gasteiger partial charge in [-0.15, -0.1) is 11.3 Å². The van der Waals surface area contributed by atoms with E-state index in [1.165, 1.54) is 10.8 Å². The number of hydrogen-bond acceptors (Lipinski definition) is 3. The molecule has 5 rings (SSSR count). The van der Waals surface area contributed by atoms with Crippen LogP contribution in [0.5, 0.6) is 0 Å². The Kier molecular flexibility index (Phi) is 3.52. The van der Waals surface area contributed by atoms with Crippen molar-refractivity contribution in [3.05, 3.63) is 54.3 Å². The van der Waals surface area contributed by atoms with Crippen molar-refractivity contribution in [1.82, 2.24) is 0 Å². The second-order valence-corrected chi connectivity index (χ2v) is 9.34. The first-order chi connectivity index (χ1) is 12.7. The maximum absolute atomic E-state index is 14.9. The average molecular weight is 378 g/mol. The first-order valence-corrected chi connectivity index (χ1v) is 9.97.